The van der Waals surface area contributed by atoms with Gasteiger partial charge in [-0.25, -0.2) is 13.4 Å². The highest BCUT2D eigenvalue weighted by Gasteiger charge is 2.31. The van der Waals surface area contributed by atoms with Crippen LogP contribution in [0.25, 0.3) is 21.5 Å². The molecule has 1 atom stereocenters. The molecule has 8 nitrogen and oxygen atoms in total. The van der Waals surface area contributed by atoms with Crippen molar-refractivity contribution in [1.29, 1.82) is 0 Å². The lowest BCUT2D eigenvalue weighted by Crippen LogP contribution is -2.51. The Hall–Kier alpha value is -3.40. The number of benzene rings is 3. The summed E-state index contributed by atoms with van der Waals surface area (Å²) in [6.45, 7) is 3.41. The van der Waals surface area contributed by atoms with Gasteiger partial charge in [0.05, 0.1) is 12.0 Å². The van der Waals surface area contributed by atoms with Crippen LogP contribution in [0.15, 0.2) is 71.8 Å². The first-order valence-corrected chi connectivity index (χ1v) is 14.2. The van der Waals surface area contributed by atoms with Crippen LogP contribution in [0.2, 0.25) is 0 Å². The van der Waals surface area contributed by atoms with Crippen LogP contribution in [-0.4, -0.2) is 50.5 Å². The number of amides is 1. The summed E-state index contributed by atoms with van der Waals surface area (Å²) < 4.78 is 35.2. The third-order valence-corrected chi connectivity index (χ3v) is 8.79. The SMILES string of the molecule is COc1ccc2ccc(S(=O)(=O)NC(Cc3ccc4c(N)nccc4c3)C(=O)N3CCC(C)CC3)cc2c1.Cl. The van der Waals surface area contributed by atoms with Crippen molar-refractivity contribution in [3.63, 3.8) is 0 Å². The van der Waals surface area contributed by atoms with Gasteiger partial charge in [0, 0.05) is 24.7 Å². The number of nitrogen functional groups attached to an aromatic ring is 1. The minimum absolute atomic E-state index is 0. The van der Waals surface area contributed by atoms with Gasteiger partial charge < -0.3 is 15.4 Å². The number of pyridine rings is 1. The standard InChI is InChI=1S/C29H32N4O4S.ClH/c1-19-10-13-33(14-11-19)29(34)27(16-20-3-8-26-22(15-20)9-12-31-28(26)30)32-38(35,36)25-7-5-21-4-6-24(37-2)17-23(21)18-25;/h3-9,12,15,17-19,27,32H,10-11,13-14,16H2,1-2H3,(H2,30,31);1H. The van der Waals surface area contributed by atoms with E-state index >= 15 is 0 Å². The monoisotopic (exact) mass is 568 g/mol. The molecular formula is C29H33ClN4O4S. The number of rotatable bonds is 7. The van der Waals surface area contributed by atoms with E-state index in [2.05, 4.69) is 16.6 Å². The minimum Gasteiger partial charge on any atom is -0.497 e. The van der Waals surface area contributed by atoms with E-state index in [4.69, 9.17) is 10.5 Å². The van der Waals surface area contributed by atoms with Gasteiger partial charge in [0.2, 0.25) is 15.9 Å². The van der Waals surface area contributed by atoms with E-state index in [0.29, 0.717) is 30.6 Å². The van der Waals surface area contributed by atoms with Crippen LogP contribution in [0.4, 0.5) is 5.82 Å². The number of aromatic nitrogens is 1. The largest absolute Gasteiger partial charge is 0.497 e. The van der Waals surface area contributed by atoms with Crippen molar-refractivity contribution in [2.45, 2.75) is 37.1 Å². The Morgan fingerprint density at radius 1 is 1.05 bits per heavy atom. The number of hydrogen-bond acceptors (Lipinski definition) is 6. The summed E-state index contributed by atoms with van der Waals surface area (Å²) in [7, 11) is -2.43. The molecule has 1 saturated heterocycles. The van der Waals surface area contributed by atoms with E-state index in [0.717, 1.165) is 39.9 Å². The third-order valence-electron chi connectivity index (χ3n) is 7.32. The second kappa shape index (κ2) is 11.8. The number of ether oxygens (including phenoxy) is 1. The molecule has 1 aliphatic heterocycles. The Labute approximate surface area is 235 Å². The Kier molecular flexibility index (Phi) is 8.64. The normalized spacial score (nSPS) is 15.2. The molecule has 3 N–H and O–H groups in total. The van der Waals surface area contributed by atoms with Gasteiger partial charge in [-0.2, -0.15) is 4.72 Å². The number of likely N-dealkylation sites (tertiary alicyclic amines) is 1. The molecule has 5 rings (SSSR count). The van der Waals surface area contributed by atoms with Crippen molar-refractivity contribution < 1.29 is 17.9 Å². The van der Waals surface area contributed by atoms with Gasteiger partial charge in [0.1, 0.15) is 17.6 Å². The molecular weight excluding hydrogens is 536 g/mol. The smallest absolute Gasteiger partial charge is 0.241 e. The fourth-order valence-corrected chi connectivity index (χ4v) is 6.22. The maximum Gasteiger partial charge on any atom is 0.241 e. The summed E-state index contributed by atoms with van der Waals surface area (Å²) in [4.78, 5) is 19.7. The Balaban J connectivity index is 0.00000353. The molecule has 206 valence electrons. The number of piperidine rings is 1. The van der Waals surface area contributed by atoms with Crippen LogP contribution in [0.1, 0.15) is 25.3 Å². The summed E-state index contributed by atoms with van der Waals surface area (Å²) in [5.41, 5.74) is 6.83. The number of carbonyl (C=O) groups is 1. The molecule has 2 heterocycles. The van der Waals surface area contributed by atoms with Crippen molar-refractivity contribution in [3.05, 3.63) is 72.4 Å². The van der Waals surface area contributed by atoms with Crippen molar-refractivity contribution in [3.8, 4) is 5.75 Å². The summed E-state index contributed by atoms with van der Waals surface area (Å²) in [5, 5.41) is 3.33. The number of nitrogens with two attached hydrogens (primary N) is 1. The van der Waals surface area contributed by atoms with Gasteiger partial charge in [0.15, 0.2) is 0 Å². The molecule has 0 radical (unpaired) electrons. The number of nitrogens with one attached hydrogen (secondary N) is 1. The van der Waals surface area contributed by atoms with Gasteiger partial charge in [0.25, 0.3) is 0 Å². The molecule has 0 saturated carbocycles. The van der Waals surface area contributed by atoms with Crippen molar-refractivity contribution >= 4 is 55.7 Å². The van der Waals surface area contributed by atoms with Gasteiger partial charge >= 0.3 is 0 Å². The van der Waals surface area contributed by atoms with E-state index < -0.39 is 16.1 Å². The Morgan fingerprint density at radius 3 is 2.54 bits per heavy atom. The molecule has 0 bridgehead atoms. The van der Waals surface area contributed by atoms with Gasteiger partial charge in [-0.05, 0) is 77.2 Å². The molecule has 39 heavy (non-hydrogen) atoms. The van der Waals surface area contributed by atoms with Crippen LogP contribution in [0.3, 0.4) is 0 Å². The number of anilines is 1. The average Bonchev–Trinajstić information content (AvgIpc) is 2.92. The van der Waals surface area contributed by atoms with Crippen LogP contribution in [0, 0.1) is 5.92 Å². The first kappa shape index (κ1) is 28.6. The Morgan fingerprint density at radius 2 is 1.79 bits per heavy atom. The number of halogens is 1. The number of sulfonamides is 1. The molecule has 1 aromatic heterocycles. The topological polar surface area (TPSA) is 115 Å². The summed E-state index contributed by atoms with van der Waals surface area (Å²) in [6.07, 6.45) is 3.65. The first-order valence-electron chi connectivity index (χ1n) is 12.8. The lowest BCUT2D eigenvalue weighted by Gasteiger charge is -2.33. The second-order valence-corrected chi connectivity index (χ2v) is 11.7. The molecule has 1 fully saturated rings. The second-order valence-electron chi connectivity index (χ2n) is 10.0. The van der Waals surface area contributed by atoms with Crippen molar-refractivity contribution in [1.82, 2.24) is 14.6 Å². The van der Waals surface area contributed by atoms with E-state index in [1.165, 1.54) is 0 Å². The molecule has 4 aromatic rings. The van der Waals surface area contributed by atoms with Gasteiger partial charge in [-0.3, -0.25) is 4.79 Å². The van der Waals surface area contributed by atoms with Crippen LogP contribution in [-0.2, 0) is 21.2 Å². The van der Waals surface area contributed by atoms with Gasteiger partial charge in [-0.15, -0.1) is 12.4 Å². The van der Waals surface area contributed by atoms with E-state index in [9.17, 15) is 13.2 Å². The maximum absolute atomic E-state index is 13.7. The minimum atomic E-state index is -4.00. The molecule has 1 aliphatic rings. The highest BCUT2D eigenvalue weighted by atomic mass is 35.5. The molecule has 1 amide bonds. The quantitative estimate of drug-likeness (QED) is 0.338. The van der Waals surface area contributed by atoms with E-state index in [1.807, 2.05) is 36.4 Å². The van der Waals surface area contributed by atoms with Crippen LogP contribution in [0.5, 0.6) is 5.75 Å². The summed E-state index contributed by atoms with van der Waals surface area (Å²) >= 11 is 0. The average molecular weight is 569 g/mol. The number of hydrogen-bond donors (Lipinski definition) is 2. The molecule has 1 unspecified atom stereocenters. The van der Waals surface area contributed by atoms with Crippen LogP contribution < -0.4 is 15.2 Å². The summed E-state index contributed by atoms with van der Waals surface area (Å²) in [5.74, 6) is 1.40. The molecule has 10 heteroatoms. The van der Waals surface area contributed by atoms with Crippen LogP contribution >= 0.6 is 12.4 Å². The Bertz CT molecular complexity index is 1600. The molecule has 3 aromatic carbocycles. The molecule has 0 spiro atoms. The summed E-state index contributed by atoms with van der Waals surface area (Å²) in [6, 6.07) is 17.0. The maximum atomic E-state index is 13.7. The number of methoxy groups -OCH3 is 1. The zero-order valence-corrected chi connectivity index (χ0v) is 23.6. The molecule has 0 aliphatic carbocycles. The highest BCUT2D eigenvalue weighted by Crippen LogP contribution is 2.26. The number of fused-ring (bicyclic) bond motifs is 2. The van der Waals surface area contributed by atoms with Gasteiger partial charge in [-0.1, -0.05) is 37.3 Å². The van der Waals surface area contributed by atoms with E-state index in [1.54, 1.807) is 42.5 Å². The predicted molar refractivity (Wildman–Crippen MR) is 157 cm³/mol. The number of carbonyl (C=O) groups excluding carboxylic acids is 1. The number of nitrogens with zero attached hydrogens (tertiary/aromatic N) is 2. The fourth-order valence-electron chi connectivity index (χ4n) is 4.99. The third kappa shape index (κ3) is 6.27. The highest BCUT2D eigenvalue weighted by molar-refractivity contribution is 7.89. The van der Waals surface area contributed by atoms with E-state index in [-0.39, 0.29) is 29.6 Å². The zero-order chi connectivity index (χ0) is 26.9. The lowest BCUT2D eigenvalue weighted by molar-refractivity contribution is -0.134. The van der Waals surface area contributed by atoms with Crippen molar-refractivity contribution in [2.24, 2.45) is 5.92 Å². The first-order chi connectivity index (χ1) is 18.2. The predicted octanol–water partition coefficient (Wildman–Crippen LogP) is 4.55. The zero-order valence-electron chi connectivity index (χ0n) is 22.0. The lowest BCUT2D eigenvalue weighted by atomic mass is 9.97. The van der Waals surface area contributed by atoms with Crippen molar-refractivity contribution in [2.75, 3.05) is 25.9 Å². The fraction of sp³-hybridized carbons (Fsp3) is 0.310.